The number of amides is 1. The number of hydrogen-bond donors (Lipinski definition) is 2. The number of para-hydroxylation sites is 2. The van der Waals surface area contributed by atoms with Gasteiger partial charge in [0.05, 0.1) is 5.69 Å². The second-order valence-corrected chi connectivity index (χ2v) is 4.72. The van der Waals surface area contributed by atoms with Gasteiger partial charge in [-0.3, -0.25) is 10.0 Å². The maximum absolute atomic E-state index is 12.3. The lowest BCUT2D eigenvalue weighted by Crippen LogP contribution is -2.47. The first-order chi connectivity index (χ1) is 9.14. The largest absolute Gasteiger partial charge is 0.323 e. The number of nitrogens with zero attached hydrogens (tertiary/aromatic N) is 1. The average molecular weight is 254 g/mol. The van der Waals surface area contributed by atoms with Gasteiger partial charge in [0.1, 0.15) is 0 Å². The maximum Gasteiger partial charge on any atom is 0.257 e. The van der Waals surface area contributed by atoms with Crippen LogP contribution in [0.4, 0.5) is 11.4 Å². The number of nitrogens with one attached hydrogen (secondary N) is 1. The Balaban J connectivity index is 2.11. The van der Waals surface area contributed by atoms with Gasteiger partial charge in [-0.15, -0.1) is 0 Å². The Morgan fingerprint density at radius 1 is 1.05 bits per heavy atom. The lowest BCUT2D eigenvalue weighted by atomic mass is 9.92. The van der Waals surface area contributed by atoms with E-state index in [-0.39, 0.29) is 5.91 Å². The van der Waals surface area contributed by atoms with E-state index in [1.165, 1.54) is 0 Å². The Morgan fingerprint density at radius 2 is 1.68 bits per heavy atom. The van der Waals surface area contributed by atoms with Gasteiger partial charge in [0.15, 0.2) is 5.54 Å². The van der Waals surface area contributed by atoms with Crippen LogP contribution in [0.2, 0.25) is 0 Å². The second kappa shape index (κ2) is 4.10. The summed E-state index contributed by atoms with van der Waals surface area (Å²) in [6.45, 7) is 1.71. The summed E-state index contributed by atoms with van der Waals surface area (Å²) in [5, 5.41) is 14.3. The number of fused-ring (bicyclic) bond motifs is 1. The third-order valence-electron chi connectivity index (χ3n) is 3.57. The summed E-state index contributed by atoms with van der Waals surface area (Å²) in [4.78, 5) is 12.3. The molecule has 4 nitrogen and oxygen atoms in total. The highest BCUT2D eigenvalue weighted by Crippen LogP contribution is 2.41. The van der Waals surface area contributed by atoms with E-state index in [4.69, 9.17) is 0 Å². The molecule has 0 unspecified atom stereocenters. The van der Waals surface area contributed by atoms with Crippen LogP contribution in [0.25, 0.3) is 0 Å². The molecule has 0 aliphatic carbocycles. The third-order valence-corrected chi connectivity index (χ3v) is 3.57. The van der Waals surface area contributed by atoms with Gasteiger partial charge in [-0.05, 0) is 25.1 Å². The van der Waals surface area contributed by atoms with Crippen molar-refractivity contribution in [2.24, 2.45) is 0 Å². The van der Waals surface area contributed by atoms with E-state index in [1.54, 1.807) is 19.1 Å². The maximum atomic E-state index is 12.3. The summed E-state index contributed by atoms with van der Waals surface area (Å²) < 4.78 is 0. The predicted molar refractivity (Wildman–Crippen MR) is 73.1 cm³/mol. The Kier molecular flexibility index (Phi) is 2.54. The molecule has 2 aromatic rings. The van der Waals surface area contributed by atoms with Crippen molar-refractivity contribution in [1.29, 1.82) is 0 Å². The van der Waals surface area contributed by atoms with Crippen molar-refractivity contribution in [3.05, 3.63) is 60.2 Å². The molecule has 19 heavy (non-hydrogen) atoms. The van der Waals surface area contributed by atoms with Crippen molar-refractivity contribution >= 4 is 17.3 Å². The first-order valence-electron chi connectivity index (χ1n) is 6.09. The summed E-state index contributed by atoms with van der Waals surface area (Å²) in [6.07, 6.45) is 0. The molecule has 4 heteroatoms. The minimum atomic E-state index is -1.11. The summed E-state index contributed by atoms with van der Waals surface area (Å²) >= 11 is 0. The molecule has 0 spiro atoms. The van der Waals surface area contributed by atoms with Crippen LogP contribution in [0.5, 0.6) is 0 Å². The SMILES string of the molecule is C[C@@]1(N(O)c2ccccc2)C(=O)Nc2ccccc21. The van der Waals surface area contributed by atoms with Crippen molar-refractivity contribution in [2.75, 3.05) is 10.4 Å². The Hall–Kier alpha value is -2.33. The van der Waals surface area contributed by atoms with Gasteiger partial charge in [-0.25, -0.2) is 5.06 Å². The van der Waals surface area contributed by atoms with E-state index >= 15 is 0 Å². The van der Waals surface area contributed by atoms with Gasteiger partial charge in [0, 0.05) is 11.3 Å². The van der Waals surface area contributed by atoms with E-state index in [0.29, 0.717) is 5.69 Å². The van der Waals surface area contributed by atoms with E-state index in [2.05, 4.69) is 5.32 Å². The van der Waals surface area contributed by atoms with Gasteiger partial charge in [0.25, 0.3) is 5.91 Å². The number of benzene rings is 2. The minimum Gasteiger partial charge on any atom is -0.323 e. The predicted octanol–water partition coefficient (Wildman–Crippen LogP) is 2.75. The van der Waals surface area contributed by atoms with Gasteiger partial charge in [0.2, 0.25) is 0 Å². The number of carbonyl (C=O) groups is 1. The number of hydrogen-bond acceptors (Lipinski definition) is 3. The van der Waals surface area contributed by atoms with Crippen molar-refractivity contribution in [3.63, 3.8) is 0 Å². The Labute approximate surface area is 111 Å². The first-order valence-corrected chi connectivity index (χ1v) is 6.09. The Bertz CT molecular complexity index is 627. The van der Waals surface area contributed by atoms with Crippen molar-refractivity contribution < 1.29 is 10.0 Å². The molecule has 1 aliphatic rings. The van der Waals surface area contributed by atoms with Crippen LogP contribution in [-0.4, -0.2) is 11.1 Å². The van der Waals surface area contributed by atoms with Crippen LogP contribution >= 0.6 is 0 Å². The molecule has 1 aliphatic heterocycles. The molecule has 0 saturated carbocycles. The van der Waals surface area contributed by atoms with Crippen molar-refractivity contribution in [1.82, 2.24) is 0 Å². The lowest BCUT2D eigenvalue weighted by molar-refractivity contribution is -0.122. The average Bonchev–Trinajstić information content (AvgIpc) is 2.72. The number of carbonyl (C=O) groups excluding carboxylic acids is 1. The summed E-state index contributed by atoms with van der Waals surface area (Å²) in [7, 11) is 0. The summed E-state index contributed by atoms with van der Waals surface area (Å²) in [6, 6.07) is 16.4. The zero-order chi connectivity index (χ0) is 13.5. The van der Waals surface area contributed by atoms with Crippen LogP contribution in [0.1, 0.15) is 12.5 Å². The highest BCUT2D eigenvalue weighted by atomic mass is 16.5. The highest BCUT2D eigenvalue weighted by molar-refractivity contribution is 6.07. The van der Waals surface area contributed by atoms with Crippen LogP contribution in [0.3, 0.4) is 0 Å². The fourth-order valence-electron chi connectivity index (χ4n) is 2.42. The molecule has 0 saturated heterocycles. The summed E-state index contributed by atoms with van der Waals surface area (Å²) in [5.74, 6) is -0.236. The molecule has 0 fully saturated rings. The van der Waals surface area contributed by atoms with Crippen LogP contribution in [0, 0.1) is 0 Å². The number of hydroxylamine groups is 1. The topological polar surface area (TPSA) is 52.6 Å². The molecule has 2 N–H and O–H groups in total. The number of rotatable bonds is 2. The molecule has 0 radical (unpaired) electrons. The molecule has 0 aromatic heterocycles. The molecule has 1 atom stereocenters. The molecule has 0 bridgehead atoms. The molecule has 1 heterocycles. The standard InChI is InChI=1S/C15H14N2O2/c1-15(17(19)11-7-3-2-4-8-11)12-9-5-6-10-13(12)16-14(15)18/h2-10,19H,1H3,(H,16,18)/t15-/m0/s1. The van der Waals surface area contributed by atoms with Crippen LogP contribution in [0.15, 0.2) is 54.6 Å². The molecule has 1 amide bonds. The molecule has 3 rings (SSSR count). The van der Waals surface area contributed by atoms with Crippen LogP contribution in [-0.2, 0) is 10.3 Å². The molecular weight excluding hydrogens is 240 g/mol. The zero-order valence-electron chi connectivity index (χ0n) is 10.5. The van der Waals surface area contributed by atoms with Gasteiger partial charge in [-0.2, -0.15) is 0 Å². The molecule has 96 valence electrons. The third kappa shape index (κ3) is 1.61. The normalized spacial score (nSPS) is 20.8. The molecule has 2 aromatic carbocycles. The van der Waals surface area contributed by atoms with Crippen LogP contribution < -0.4 is 10.4 Å². The monoisotopic (exact) mass is 254 g/mol. The van der Waals surface area contributed by atoms with Gasteiger partial charge >= 0.3 is 0 Å². The summed E-state index contributed by atoms with van der Waals surface area (Å²) in [5.41, 5.74) is 0.978. The van der Waals surface area contributed by atoms with E-state index in [9.17, 15) is 10.0 Å². The van der Waals surface area contributed by atoms with E-state index in [0.717, 1.165) is 16.3 Å². The van der Waals surface area contributed by atoms with Gasteiger partial charge in [-0.1, -0.05) is 36.4 Å². The van der Waals surface area contributed by atoms with Crippen molar-refractivity contribution in [2.45, 2.75) is 12.5 Å². The first kappa shape index (κ1) is 11.7. The highest BCUT2D eigenvalue weighted by Gasteiger charge is 2.47. The number of anilines is 2. The van der Waals surface area contributed by atoms with E-state index in [1.807, 2.05) is 42.5 Å². The Morgan fingerprint density at radius 3 is 2.42 bits per heavy atom. The lowest BCUT2D eigenvalue weighted by Gasteiger charge is -2.32. The van der Waals surface area contributed by atoms with Gasteiger partial charge < -0.3 is 5.32 Å². The smallest absolute Gasteiger partial charge is 0.257 e. The quantitative estimate of drug-likeness (QED) is 0.810. The zero-order valence-corrected chi connectivity index (χ0v) is 10.5. The second-order valence-electron chi connectivity index (χ2n) is 4.72. The fourth-order valence-corrected chi connectivity index (χ4v) is 2.42. The van der Waals surface area contributed by atoms with E-state index < -0.39 is 5.54 Å². The fraction of sp³-hybridized carbons (Fsp3) is 0.133. The molecular formula is C15H14N2O2. The van der Waals surface area contributed by atoms with Crippen molar-refractivity contribution in [3.8, 4) is 0 Å². The minimum absolute atomic E-state index is 0.236.